The van der Waals surface area contributed by atoms with Gasteiger partial charge in [-0.05, 0) is 30.7 Å². The van der Waals surface area contributed by atoms with Crippen molar-refractivity contribution in [2.75, 3.05) is 0 Å². The molecule has 4 aromatic rings. The molecule has 0 amide bonds. The van der Waals surface area contributed by atoms with E-state index in [9.17, 15) is 0 Å². The van der Waals surface area contributed by atoms with Crippen LogP contribution in [0, 0.1) is 6.92 Å². The maximum Gasteiger partial charge on any atom is 0.206 e. The number of ether oxygens (including phenoxy) is 1. The fraction of sp³-hybridized carbons (Fsp3) is 0.0476. The largest absolute Gasteiger partial charge is 0.440 e. The van der Waals surface area contributed by atoms with Crippen molar-refractivity contribution in [1.82, 2.24) is 4.98 Å². The van der Waals surface area contributed by atoms with Gasteiger partial charge in [0.1, 0.15) is 5.75 Å². The van der Waals surface area contributed by atoms with E-state index in [1.165, 1.54) is 10.9 Å². The summed E-state index contributed by atoms with van der Waals surface area (Å²) in [5.74, 6) is 1.61. The van der Waals surface area contributed by atoms with Crippen molar-refractivity contribution in [2.45, 2.75) is 6.92 Å². The Morgan fingerprint density at radius 1 is 0.739 bits per heavy atom. The predicted molar refractivity (Wildman–Crippen MR) is 95.0 cm³/mol. The van der Waals surface area contributed by atoms with E-state index >= 15 is 0 Å². The van der Waals surface area contributed by atoms with Crippen LogP contribution in [-0.4, -0.2) is 4.98 Å². The molecule has 112 valence electrons. The van der Waals surface area contributed by atoms with Gasteiger partial charge in [0.15, 0.2) is 0 Å². The van der Waals surface area contributed by atoms with Gasteiger partial charge in [-0.2, -0.15) is 0 Å². The number of hydrogen-bond donors (Lipinski definition) is 1. The van der Waals surface area contributed by atoms with Crippen LogP contribution in [0.15, 0.2) is 78.9 Å². The van der Waals surface area contributed by atoms with E-state index in [4.69, 9.17) is 4.74 Å². The highest BCUT2D eigenvalue weighted by molar-refractivity contribution is 5.99. The average Bonchev–Trinajstić information content (AvgIpc) is 2.94. The van der Waals surface area contributed by atoms with Gasteiger partial charge in [0.05, 0.1) is 5.56 Å². The zero-order valence-corrected chi connectivity index (χ0v) is 12.9. The topological polar surface area (TPSA) is 25.0 Å². The first-order valence-electron chi connectivity index (χ1n) is 7.72. The number of para-hydroxylation sites is 2. The van der Waals surface area contributed by atoms with Crippen LogP contribution < -0.4 is 4.74 Å². The van der Waals surface area contributed by atoms with Crippen LogP contribution in [0.4, 0.5) is 0 Å². The minimum atomic E-state index is 0.779. The molecular weight excluding hydrogens is 282 g/mol. The van der Waals surface area contributed by atoms with Gasteiger partial charge >= 0.3 is 0 Å². The molecule has 1 aromatic heterocycles. The summed E-state index contributed by atoms with van der Waals surface area (Å²) in [5.41, 5.74) is 4.58. The summed E-state index contributed by atoms with van der Waals surface area (Å²) in [6, 6.07) is 26.7. The molecule has 0 radical (unpaired) electrons. The standard InChI is InChI=1S/C21H17NO/c1-15-11-13-16(14-12-15)20-18-9-5-6-10-19(18)22-21(20)23-17-7-3-2-4-8-17/h2-14,22H,1H3. The molecule has 0 aliphatic heterocycles. The van der Waals surface area contributed by atoms with Crippen molar-refractivity contribution in [3.8, 4) is 22.8 Å². The first kappa shape index (κ1) is 13.6. The van der Waals surface area contributed by atoms with Crippen molar-refractivity contribution in [2.24, 2.45) is 0 Å². The lowest BCUT2D eigenvalue weighted by atomic mass is 10.0. The number of fused-ring (bicyclic) bond motifs is 1. The summed E-state index contributed by atoms with van der Waals surface area (Å²) < 4.78 is 6.12. The Labute approximate surface area is 135 Å². The second-order valence-corrected chi connectivity index (χ2v) is 5.66. The molecule has 23 heavy (non-hydrogen) atoms. The van der Waals surface area contributed by atoms with E-state index in [1.807, 2.05) is 36.4 Å². The van der Waals surface area contributed by atoms with E-state index in [0.29, 0.717) is 0 Å². The molecule has 0 spiro atoms. The molecule has 0 fully saturated rings. The van der Waals surface area contributed by atoms with Gasteiger partial charge < -0.3 is 9.72 Å². The van der Waals surface area contributed by atoms with Crippen LogP contribution >= 0.6 is 0 Å². The number of aryl methyl sites for hydroxylation is 1. The number of benzene rings is 3. The quantitative estimate of drug-likeness (QED) is 0.498. The SMILES string of the molecule is Cc1ccc(-c2c(Oc3ccccc3)[nH]c3ccccc23)cc1. The van der Waals surface area contributed by atoms with Gasteiger partial charge in [-0.25, -0.2) is 0 Å². The van der Waals surface area contributed by atoms with Crippen LogP contribution in [0.25, 0.3) is 22.0 Å². The summed E-state index contributed by atoms with van der Waals surface area (Å²) in [6.07, 6.45) is 0. The van der Waals surface area contributed by atoms with Crippen molar-refractivity contribution in [3.63, 3.8) is 0 Å². The average molecular weight is 299 g/mol. The van der Waals surface area contributed by atoms with Gasteiger partial charge in [0.25, 0.3) is 0 Å². The molecule has 0 bridgehead atoms. The fourth-order valence-corrected chi connectivity index (χ4v) is 2.81. The molecule has 3 aromatic carbocycles. The molecular formula is C21H17NO. The van der Waals surface area contributed by atoms with Crippen molar-refractivity contribution < 1.29 is 4.74 Å². The first-order chi connectivity index (χ1) is 11.3. The number of nitrogens with one attached hydrogen (secondary N) is 1. The molecule has 0 unspecified atom stereocenters. The summed E-state index contributed by atoms with van der Waals surface area (Å²) in [5, 5.41) is 1.17. The highest BCUT2D eigenvalue weighted by Crippen LogP contribution is 2.39. The van der Waals surface area contributed by atoms with Gasteiger partial charge in [-0.1, -0.05) is 66.2 Å². The van der Waals surface area contributed by atoms with Crippen LogP contribution in [0.2, 0.25) is 0 Å². The molecule has 0 saturated heterocycles. The molecule has 0 atom stereocenters. The Balaban J connectivity index is 1.89. The maximum atomic E-state index is 6.12. The molecule has 4 rings (SSSR count). The Morgan fingerprint density at radius 2 is 1.43 bits per heavy atom. The molecule has 1 N–H and O–H groups in total. The molecule has 2 heteroatoms. The molecule has 0 aliphatic carbocycles. The lowest BCUT2D eigenvalue weighted by Crippen LogP contribution is -1.87. The number of H-pyrrole nitrogens is 1. The van der Waals surface area contributed by atoms with Crippen molar-refractivity contribution in [3.05, 3.63) is 84.4 Å². The molecule has 2 nitrogen and oxygen atoms in total. The van der Waals surface area contributed by atoms with E-state index in [2.05, 4.69) is 54.4 Å². The number of rotatable bonds is 3. The van der Waals surface area contributed by atoms with E-state index < -0.39 is 0 Å². The predicted octanol–water partition coefficient (Wildman–Crippen LogP) is 5.94. The summed E-state index contributed by atoms with van der Waals surface area (Å²) >= 11 is 0. The second kappa shape index (κ2) is 5.65. The molecule has 0 aliphatic rings. The third kappa shape index (κ3) is 2.59. The van der Waals surface area contributed by atoms with Gasteiger partial charge in [0.2, 0.25) is 5.88 Å². The van der Waals surface area contributed by atoms with Crippen LogP contribution in [0.1, 0.15) is 5.56 Å². The molecule has 1 heterocycles. The first-order valence-corrected chi connectivity index (χ1v) is 7.72. The summed E-state index contributed by atoms with van der Waals surface area (Å²) in [4.78, 5) is 3.40. The number of aromatic amines is 1. The van der Waals surface area contributed by atoms with Gasteiger partial charge in [0, 0.05) is 10.9 Å². The summed E-state index contributed by atoms with van der Waals surface area (Å²) in [7, 11) is 0. The third-order valence-corrected chi connectivity index (χ3v) is 3.98. The minimum absolute atomic E-state index is 0.779. The Kier molecular flexibility index (Phi) is 3.35. The smallest absolute Gasteiger partial charge is 0.206 e. The lowest BCUT2D eigenvalue weighted by molar-refractivity contribution is 0.469. The third-order valence-electron chi connectivity index (χ3n) is 3.98. The fourth-order valence-electron chi connectivity index (χ4n) is 2.81. The van der Waals surface area contributed by atoms with Gasteiger partial charge in [-0.15, -0.1) is 0 Å². The number of aromatic nitrogens is 1. The Bertz CT molecular complexity index is 937. The Hall–Kier alpha value is -3.00. The summed E-state index contributed by atoms with van der Waals surface area (Å²) in [6.45, 7) is 2.10. The highest BCUT2D eigenvalue weighted by atomic mass is 16.5. The lowest BCUT2D eigenvalue weighted by Gasteiger charge is -2.07. The normalized spacial score (nSPS) is 10.8. The zero-order valence-electron chi connectivity index (χ0n) is 12.9. The monoisotopic (exact) mass is 299 g/mol. The van der Waals surface area contributed by atoms with E-state index in [-0.39, 0.29) is 0 Å². The van der Waals surface area contributed by atoms with E-state index in [0.717, 1.165) is 28.3 Å². The van der Waals surface area contributed by atoms with Crippen LogP contribution in [-0.2, 0) is 0 Å². The van der Waals surface area contributed by atoms with Gasteiger partial charge in [-0.3, -0.25) is 0 Å². The number of hydrogen-bond acceptors (Lipinski definition) is 1. The van der Waals surface area contributed by atoms with Crippen molar-refractivity contribution >= 4 is 10.9 Å². The Morgan fingerprint density at radius 3 is 2.22 bits per heavy atom. The van der Waals surface area contributed by atoms with E-state index in [1.54, 1.807) is 0 Å². The van der Waals surface area contributed by atoms with Crippen molar-refractivity contribution in [1.29, 1.82) is 0 Å². The van der Waals surface area contributed by atoms with Crippen LogP contribution in [0.5, 0.6) is 11.6 Å². The molecule has 0 saturated carbocycles. The van der Waals surface area contributed by atoms with Crippen LogP contribution in [0.3, 0.4) is 0 Å². The maximum absolute atomic E-state index is 6.12. The highest BCUT2D eigenvalue weighted by Gasteiger charge is 2.15. The minimum Gasteiger partial charge on any atom is -0.440 e. The zero-order chi connectivity index (χ0) is 15.6. The second-order valence-electron chi connectivity index (χ2n) is 5.66.